The van der Waals surface area contributed by atoms with Gasteiger partial charge in [0.1, 0.15) is 29.2 Å². The number of likely N-dealkylation sites (N-methyl/N-ethyl adjacent to an activating group) is 1. The highest BCUT2D eigenvalue weighted by molar-refractivity contribution is 5.99. The van der Waals surface area contributed by atoms with Gasteiger partial charge in [-0.3, -0.25) is 9.59 Å². The van der Waals surface area contributed by atoms with Gasteiger partial charge in [-0.25, -0.2) is 4.79 Å². The lowest BCUT2D eigenvalue weighted by atomic mass is 9.98. The minimum Gasteiger partial charge on any atom is -0.508 e. The average molecular weight is 500 g/mol. The Balaban J connectivity index is 2.40. The molecule has 0 bridgehead atoms. The number of amides is 3. The Labute approximate surface area is 212 Å². The molecule has 9 heteroatoms. The Hall–Kier alpha value is -3.75. The highest BCUT2D eigenvalue weighted by atomic mass is 16.6. The van der Waals surface area contributed by atoms with Crippen LogP contribution in [0.3, 0.4) is 0 Å². The van der Waals surface area contributed by atoms with Crippen LogP contribution in [0, 0.1) is 5.92 Å². The normalized spacial score (nSPS) is 12.9. The molecule has 0 aliphatic carbocycles. The maximum absolute atomic E-state index is 13.7. The van der Waals surface area contributed by atoms with Gasteiger partial charge in [0.25, 0.3) is 5.91 Å². The van der Waals surface area contributed by atoms with Crippen LogP contribution in [0.5, 0.6) is 11.5 Å². The second-order valence-electron chi connectivity index (χ2n) is 9.70. The Bertz CT molecular complexity index is 1030. The molecule has 196 valence electrons. The Morgan fingerprint density at radius 3 is 2.06 bits per heavy atom. The number of hydrogen-bond acceptors (Lipinski definition) is 6. The molecule has 0 saturated carbocycles. The summed E-state index contributed by atoms with van der Waals surface area (Å²) in [5.74, 6) is -0.471. The minimum absolute atomic E-state index is 0.0362. The lowest BCUT2D eigenvalue weighted by Crippen LogP contribution is -2.54. The third-order valence-electron chi connectivity index (χ3n) is 5.36. The second-order valence-corrected chi connectivity index (χ2v) is 9.70. The standard InChI is InChI=1S/C27H37N3O6/c1-8-30(25(33)22(17(2)3)29-26(34)36-27(4,5)6)23(18-9-13-20(31)14-10-18)24(32)28-19-11-15-21(35-7)16-12-19/h9-17,22-23,31H,8H2,1-7H3,(H,28,32)(H,29,34). The maximum Gasteiger partial charge on any atom is 0.408 e. The van der Waals surface area contributed by atoms with E-state index in [0.29, 0.717) is 17.0 Å². The van der Waals surface area contributed by atoms with E-state index in [1.54, 1.807) is 85.1 Å². The summed E-state index contributed by atoms with van der Waals surface area (Å²) in [6.45, 7) is 10.8. The van der Waals surface area contributed by atoms with Crippen LogP contribution in [0.4, 0.5) is 10.5 Å². The number of hydrogen-bond donors (Lipinski definition) is 3. The molecule has 2 atom stereocenters. The summed E-state index contributed by atoms with van der Waals surface area (Å²) in [5, 5.41) is 15.3. The summed E-state index contributed by atoms with van der Waals surface area (Å²) < 4.78 is 10.5. The number of phenolic OH excluding ortho intramolecular Hbond substituents is 1. The zero-order valence-electron chi connectivity index (χ0n) is 22.0. The number of nitrogens with one attached hydrogen (secondary N) is 2. The van der Waals surface area contributed by atoms with E-state index in [9.17, 15) is 19.5 Å². The monoisotopic (exact) mass is 499 g/mol. The molecule has 0 aliphatic rings. The summed E-state index contributed by atoms with van der Waals surface area (Å²) in [6.07, 6.45) is -0.713. The molecule has 0 radical (unpaired) electrons. The van der Waals surface area contributed by atoms with Crippen molar-refractivity contribution in [2.24, 2.45) is 5.92 Å². The number of phenols is 1. The first kappa shape index (κ1) is 28.5. The molecule has 0 aromatic heterocycles. The van der Waals surface area contributed by atoms with Gasteiger partial charge in [0.05, 0.1) is 7.11 Å². The highest BCUT2D eigenvalue weighted by Gasteiger charge is 2.36. The first-order valence-electron chi connectivity index (χ1n) is 11.9. The van der Waals surface area contributed by atoms with Gasteiger partial charge in [-0.1, -0.05) is 26.0 Å². The molecular weight excluding hydrogens is 462 g/mol. The number of rotatable bonds is 9. The van der Waals surface area contributed by atoms with Crippen molar-refractivity contribution in [3.63, 3.8) is 0 Å². The van der Waals surface area contributed by atoms with Crippen molar-refractivity contribution >= 4 is 23.6 Å². The van der Waals surface area contributed by atoms with Crippen LogP contribution in [0.1, 0.15) is 53.1 Å². The van der Waals surface area contributed by atoms with Crippen LogP contribution < -0.4 is 15.4 Å². The Morgan fingerprint density at radius 2 is 1.58 bits per heavy atom. The average Bonchev–Trinajstić information content (AvgIpc) is 2.80. The van der Waals surface area contributed by atoms with Crippen LogP contribution in [0.25, 0.3) is 0 Å². The molecule has 3 N–H and O–H groups in total. The lowest BCUT2D eigenvalue weighted by molar-refractivity contribution is -0.141. The van der Waals surface area contributed by atoms with E-state index in [0.717, 1.165) is 0 Å². The number of methoxy groups -OCH3 is 1. The zero-order valence-corrected chi connectivity index (χ0v) is 22.0. The van der Waals surface area contributed by atoms with Gasteiger partial charge < -0.3 is 30.1 Å². The van der Waals surface area contributed by atoms with Crippen molar-refractivity contribution in [2.75, 3.05) is 19.0 Å². The molecule has 0 heterocycles. The summed E-state index contributed by atoms with van der Waals surface area (Å²) in [7, 11) is 1.55. The lowest BCUT2D eigenvalue weighted by Gasteiger charge is -2.35. The van der Waals surface area contributed by atoms with Gasteiger partial charge in [-0.05, 0) is 75.6 Å². The Morgan fingerprint density at radius 1 is 1.00 bits per heavy atom. The quantitative estimate of drug-likeness (QED) is 0.468. The molecule has 2 unspecified atom stereocenters. The van der Waals surface area contributed by atoms with E-state index in [-0.39, 0.29) is 18.2 Å². The van der Waals surface area contributed by atoms with Crippen molar-refractivity contribution in [3.05, 3.63) is 54.1 Å². The number of nitrogens with zero attached hydrogens (tertiary/aromatic N) is 1. The largest absolute Gasteiger partial charge is 0.508 e. The van der Waals surface area contributed by atoms with E-state index >= 15 is 0 Å². The molecule has 0 fully saturated rings. The van der Waals surface area contributed by atoms with Crippen molar-refractivity contribution < 1.29 is 29.0 Å². The fourth-order valence-corrected chi connectivity index (χ4v) is 3.61. The van der Waals surface area contributed by atoms with E-state index < -0.39 is 35.6 Å². The van der Waals surface area contributed by atoms with E-state index in [4.69, 9.17) is 9.47 Å². The molecule has 0 spiro atoms. The molecule has 2 rings (SSSR count). The molecule has 0 saturated heterocycles. The summed E-state index contributed by atoms with van der Waals surface area (Å²) in [6, 6.07) is 11.0. The van der Waals surface area contributed by atoms with E-state index in [1.807, 2.05) is 0 Å². The van der Waals surface area contributed by atoms with Crippen molar-refractivity contribution in [3.8, 4) is 11.5 Å². The van der Waals surface area contributed by atoms with E-state index in [1.165, 1.54) is 17.0 Å². The van der Waals surface area contributed by atoms with Crippen LogP contribution in [-0.4, -0.2) is 53.2 Å². The van der Waals surface area contributed by atoms with Gasteiger partial charge in [-0.2, -0.15) is 0 Å². The van der Waals surface area contributed by atoms with Gasteiger partial charge in [-0.15, -0.1) is 0 Å². The number of aromatic hydroxyl groups is 1. The number of alkyl carbamates (subject to hydrolysis) is 1. The Kier molecular flexibility index (Phi) is 9.72. The first-order valence-corrected chi connectivity index (χ1v) is 11.9. The van der Waals surface area contributed by atoms with Crippen molar-refractivity contribution in [2.45, 2.75) is 59.2 Å². The van der Waals surface area contributed by atoms with Crippen molar-refractivity contribution in [1.29, 1.82) is 0 Å². The molecule has 2 aromatic rings. The molecule has 9 nitrogen and oxygen atoms in total. The topological polar surface area (TPSA) is 117 Å². The molecular formula is C27H37N3O6. The molecule has 3 amide bonds. The summed E-state index contributed by atoms with van der Waals surface area (Å²) >= 11 is 0. The number of anilines is 1. The molecule has 0 aliphatic heterocycles. The summed E-state index contributed by atoms with van der Waals surface area (Å²) in [4.78, 5) is 41.2. The van der Waals surface area contributed by atoms with Gasteiger partial charge >= 0.3 is 6.09 Å². The predicted molar refractivity (Wildman–Crippen MR) is 138 cm³/mol. The van der Waals surface area contributed by atoms with Crippen LogP contribution in [-0.2, 0) is 14.3 Å². The predicted octanol–water partition coefficient (Wildman–Crippen LogP) is 4.48. The maximum atomic E-state index is 13.7. The minimum atomic E-state index is -1.02. The number of ether oxygens (including phenoxy) is 2. The fraction of sp³-hybridized carbons (Fsp3) is 0.444. The second kappa shape index (κ2) is 12.3. The van der Waals surface area contributed by atoms with Gasteiger partial charge in [0, 0.05) is 12.2 Å². The zero-order chi connectivity index (χ0) is 27.0. The third-order valence-corrected chi connectivity index (χ3v) is 5.36. The van der Waals surface area contributed by atoms with Gasteiger partial charge in [0.15, 0.2) is 0 Å². The third kappa shape index (κ3) is 7.90. The van der Waals surface area contributed by atoms with E-state index in [2.05, 4.69) is 10.6 Å². The van der Waals surface area contributed by atoms with Gasteiger partial charge in [0.2, 0.25) is 5.91 Å². The number of carbonyl (C=O) groups excluding carboxylic acids is 3. The van der Waals surface area contributed by atoms with Crippen LogP contribution >= 0.6 is 0 Å². The van der Waals surface area contributed by atoms with Crippen LogP contribution in [0.15, 0.2) is 48.5 Å². The highest BCUT2D eigenvalue weighted by Crippen LogP contribution is 2.27. The SMILES string of the molecule is CCN(C(=O)C(NC(=O)OC(C)(C)C)C(C)C)C(C(=O)Nc1ccc(OC)cc1)c1ccc(O)cc1. The molecule has 2 aromatic carbocycles. The number of benzene rings is 2. The fourth-order valence-electron chi connectivity index (χ4n) is 3.61. The first-order chi connectivity index (χ1) is 16.9. The molecule has 36 heavy (non-hydrogen) atoms. The number of carbonyl (C=O) groups is 3. The summed E-state index contributed by atoms with van der Waals surface area (Å²) in [5.41, 5.74) is 0.306. The smallest absolute Gasteiger partial charge is 0.408 e. The van der Waals surface area contributed by atoms with Crippen LogP contribution in [0.2, 0.25) is 0 Å². The van der Waals surface area contributed by atoms with Crippen molar-refractivity contribution in [1.82, 2.24) is 10.2 Å².